The van der Waals surface area contributed by atoms with E-state index in [1.54, 1.807) is 0 Å². The van der Waals surface area contributed by atoms with Crippen molar-refractivity contribution in [1.29, 1.82) is 5.26 Å². The second-order valence-electron chi connectivity index (χ2n) is 17.2. The predicted molar refractivity (Wildman–Crippen MR) is 254 cm³/mol. The van der Waals surface area contributed by atoms with Crippen molar-refractivity contribution in [2.24, 2.45) is 0 Å². The van der Waals surface area contributed by atoms with Crippen molar-refractivity contribution in [2.75, 3.05) is 9.80 Å². The molecular weight excluding hydrogens is 751 g/mol. The Morgan fingerprint density at radius 2 is 0.823 bits per heavy atom. The van der Waals surface area contributed by atoms with Crippen LogP contribution in [0.15, 0.2) is 212 Å². The maximum atomic E-state index is 10.4. The van der Waals surface area contributed by atoms with Crippen LogP contribution in [0.3, 0.4) is 0 Å². The second kappa shape index (κ2) is 13.5. The fourth-order valence-corrected chi connectivity index (χ4v) is 11.1. The fraction of sp³-hybridized carbons (Fsp3) is 0.0678. The molecule has 3 aliphatic carbocycles. The molecule has 3 nitrogen and oxygen atoms in total. The molecule has 3 aliphatic rings. The Balaban J connectivity index is 1.22. The lowest BCUT2D eigenvalue weighted by atomic mass is 9.69. The van der Waals surface area contributed by atoms with Crippen LogP contribution in [-0.2, 0) is 10.8 Å². The topological polar surface area (TPSA) is 30.3 Å². The summed E-state index contributed by atoms with van der Waals surface area (Å²) in [5.74, 6) is 0. The summed E-state index contributed by atoms with van der Waals surface area (Å²) in [6.45, 7) is 4.68. The molecule has 0 heterocycles. The zero-order valence-corrected chi connectivity index (χ0v) is 34.5. The number of nitriles is 1. The van der Waals surface area contributed by atoms with E-state index >= 15 is 0 Å². The largest absolute Gasteiger partial charge is 0.310 e. The average Bonchev–Trinajstić information content (AvgIpc) is 3.88. The van der Waals surface area contributed by atoms with Crippen LogP contribution in [0.1, 0.15) is 52.8 Å². The zero-order chi connectivity index (χ0) is 41.6. The molecule has 292 valence electrons. The van der Waals surface area contributed by atoms with Crippen molar-refractivity contribution >= 4 is 34.1 Å². The molecule has 62 heavy (non-hydrogen) atoms. The minimum Gasteiger partial charge on any atom is -0.310 e. The van der Waals surface area contributed by atoms with Gasteiger partial charge in [-0.05, 0) is 134 Å². The first-order valence-corrected chi connectivity index (χ1v) is 21.4. The molecule has 9 aromatic carbocycles. The van der Waals surface area contributed by atoms with Crippen LogP contribution in [0.25, 0.3) is 33.4 Å². The van der Waals surface area contributed by atoms with Crippen LogP contribution >= 0.6 is 0 Å². The van der Waals surface area contributed by atoms with Gasteiger partial charge in [0.2, 0.25) is 0 Å². The van der Waals surface area contributed by atoms with Gasteiger partial charge in [0.15, 0.2) is 0 Å². The highest BCUT2D eigenvalue weighted by atomic mass is 15.2. The molecule has 0 aromatic heterocycles. The van der Waals surface area contributed by atoms with Crippen LogP contribution in [0, 0.1) is 11.3 Å². The third kappa shape index (κ3) is 4.98. The Hall–Kier alpha value is -7.93. The van der Waals surface area contributed by atoms with Gasteiger partial charge in [-0.1, -0.05) is 153 Å². The van der Waals surface area contributed by atoms with Crippen LogP contribution in [-0.4, -0.2) is 0 Å². The van der Waals surface area contributed by atoms with Gasteiger partial charge in [0.1, 0.15) is 0 Å². The van der Waals surface area contributed by atoms with E-state index < -0.39 is 5.41 Å². The van der Waals surface area contributed by atoms with Gasteiger partial charge in [0, 0.05) is 39.4 Å². The van der Waals surface area contributed by atoms with Crippen molar-refractivity contribution in [3.05, 3.63) is 251 Å². The highest BCUT2D eigenvalue weighted by molar-refractivity contribution is 6.02. The van der Waals surface area contributed by atoms with Gasteiger partial charge in [-0.25, -0.2) is 0 Å². The lowest BCUT2D eigenvalue weighted by Gasteiger charge is -2.37. The number of fused-ring (bicyclic) bond motifs is 13. The first kappa shape index (κ1) is 36.0. The van der Waals surface area contributed by atoms with Crippen LogP contribution < -0.4 is 9.80 Å². The van der Waals surface area contributed by atoms with Gasteiger partial charge in [-0.2, -0.15) is 5.26 Å². The quantitative estimate of drug-likeness (QED) is 0.168. The SMILES string of the molecule is CC1(C)c2ccccc2-c2cc(N(c3ccccc3)c3cc4c(c(N(c5ccccc5)c5ccccc5)c3)C3(c5ccccc5-c5ccc(C#N)cc53)c3ccccc3-4)ccc21. The summed E-state index contributed by atoms with van der Waals surface area (Å²) in [6, 6.07) is 79.6. The molecule has 1 spiro atoms. The number of hydrogen-bond donors (Lipinski definition) is 0. The number of rotatable bonds is 6. The minimum atomic E-state index is -0.708. The van der Waals surface area contributed by atoms with E-state index in [9.17, 15) is 5.26 Å². The Kier molecular flexibility index (Phi) is 7.86. The zero-order valence-electron chi connectivity index (χ0n) is 34.5. The van der Waals surface area contributed by atoms with E-state index in [2.05, 4.69) is 236 Å². The lowest BCUT2D eigenvalue weighted by molar-refractivity contribution is 0.660. The molecule has 12 rings (SSSR count). The van der Waals surface area contributed by atoms with E-state index in [1.807, 2.05) is 6.07 Å². The molecule has 0 saturated carbocycles. The molecule has 0 aliphatic heterocycles. The van der Waals surface area contributed by atoms with Crippen molar-refractivity contribution in [1.82, 2.24) is 0 Å². The first-order chi connectivity index (χ1) is 30.5. The fourth-order valence-electron chi connectivity index (χ4n) is 11.1. The molecule has 0 fully saturated rings. The van der Waals surface area contributed by atoms with Crippen LogP contribution in [0.4, 0.5) is 34.1 Å². The molecule has 9 aromatic rings. The second-order valence-corrected chi connectivity index (χ2v) is 17.2. The van der Waals surface area contributed by atoms with E-state index in [4.69, 9.17) is 0 Å². The maximum Gasteiger partial charge on any atom is 0.0991 e. The van der Waals surface area contributed by atoms with Crippen molar-refractivity contribution < 1.29 is 0 Å². The predicted octanol–water partition coefficient (Wildman–Crippen LogP) is 15.1. The standard InChI is InChI=1S/C59H41N3/c1-58(2)51-27-15-12-25-46(51)49-35-43(31-33-52(49)58)61(40-18-6-3-7-19-40)44-36-50-47-26-14-17-29-54(47)59(53-28-16-13-24-45(53)48-32-30-39(38-60)34-55(48)59)57(50)56(37-44)62(41-20-8-4-9-21-41)42-22-10-5-11-23-42/h3-37H,1-2H3. The van der Waals surface area contributed by atoms with Crippen molar-refractivity contribution in [3.63, 3.8) is 0 Å². The summed E-state index contributed by atoms with van der Waals surface area (Å²) in [5.41, 5.74) is 21.0. The Morgan fingerprint density at radius 3 is 1.42 bits per heavy atom. The average molecular weight is 792 g/mol. The summed E-state index contributed by atoms with van der Waals surface area (Å²) in [7, 11) is 0. The monoisotopic (exact) mass is 791 g/mol. The third-order valence-corrected chi connectivity index (χ3v) is 13.6. The lowest BCUT2D eigenvalue weighted by Crippen LogP contribution is -2.28. The number of benzene rings is 9. The van der Waals surface area contributed by atoms with E-state index in [0.717, 1.165) is 45.3 Å². The van der Waals surface area contributed by atoms with Gasteiger partial charge in [0.05, 0.1) is 22.7 Å². The van der Waals surface area contributed by atoms with E-state index in [-0.39, 0.29) is 5.41 Å². The van der Waals surface area contributed by atoms with Gasteiger partial charge in [-0.15, -0.1) is 0 Å². The smallest absolute Gasteiger partial charge is 0.0991 e. The molecule has 0 amide bonds. The van der Waals surface area contributed by atoms with Crippen molar-refractivity contribution in [3.8, 4) is 39.4 Å². The first-order valence-electron chi connectivity index (χ1n) is 21.4. The van der Waals surface area contributed by atoms with E-state index in [0.29, 0.717) is 5.56 Å². The molecule has 0 bridgehead atoms. The Labute approximate surface area is 363 Å². The number of hydrogen-bond acceptors (Lipinski definition) is 3. The summed E-state index contributed by atoms with van der Waals surface area (Å²) < 4.78 is 0. The van der Waals surface area contributed by atoms with Gasteiger partial charge in [-0.3, -0.25) is 0 Å². The normalized spacial score (nSPS) is 15.4. The Bertz CT molecular complexity index is 3250. The molecule has 1 atom stereocenters. The van der Waals surface area contributed by atoms with Gasteiger partial charge >= 0.3 is 0 Å². The van der Waals surface area contributed by atoms with Gasteiger partial charge < -0.3 is 9.80 Å². The maximum absolute atomic E-state index is 10.4. The van der Waals surface area contributed by atoms with Gasteiger partial charge in [0.25, 0.3) is 0 Å². The van der Waals surface area contributed by atoms with Crippen LogP contribution in [0.2, 0.25) is 0 Å². The molecule has 0 N–H and O–H groups in total. The summed E-state index contributed by atoms with van der Waals surface area (Å²) >= 11 is 0. The number of nitrogens with zero attached hydrogens (tertiary/aromatic N) is 3. The number of para-hydroxylation sites is 3. The number of anilines is 6. The highest BCUT2D eigenvalue weighted by Gasteiger charge is 2.54. The Morgan fingerprint density at radius 1 is 0.355 bits per heavy atom. The van der Waals surface area contributed by atoms with Crippen LogP contribution in [0.5, 0.6) is 0 Å². The summed E-state index contributed by atoms with van der Waals surface area (Å²) in [5, 5.41) is 10.4. The minimum absolute atomic E-state index is 0.105. The summed E-state index contributed by atoms with van der Waals surface area (Å²) in [4.78, 5) is 4.87. The third-order valence-electron chi connectivity index (χ3n) is 13.6. The molecule has 0 radical (unpaired) electrons. The van der Waals surface area contributed by atoms with Crippen molar-refractivity contribution in [2.45, 2.75) is 24.7 Å². The molecule has 0 saturated heterocycles. The summed E-state index contributed by atoms with van der Waals surface area (Å²) in [6.07, 6.45) is 0. The van der Waals surface area contributed by atoms with E-state index in [1.165, 1.54) is 55.6 Å². The molecule has 3 heteroatoms. The molecular formula is C59H41N3. The molecule has 1 unspecified atom stereocenters. The highest BCUT2D eigenvalue weighted by Crippen LogP contribution is 2.66.